The average Bonchev–Trinajstić information content (AvgIpc) is 2.25. The molecule has 0 bridgehead atoms. The molecule has 0 aromatic heterocycles. The van der Waals surface area contributed by atoms with E-state index in [1.54, 1.807) is 0 Å². The summed E-state index contributed by atoms with van der Waals surface area (Å²) in [6.45, 7) is 8.09. The van der Waals surface area contributed by atoms with Crippen molar-refractivity contribution in [3.05, 3.63) is 35.4 Å². The maximum Gasteiger partial charge on any atom is 0.0878 e. The number of aryl methyl sites for hydroxylation is 1. The Balaban J connectivity index is 3.20. The summed E-state index contributed by atoms with van der Waals surface area (Å²) in [5, 5.41) is 0. The Morgan fingerprint density at radius 3 is 1.94 bits per heavy atom. The second-order valence-electron chi connectivity index (χ2n) is 6.25. The third-order valence-corrected chi connectivity index (χ3v) is 3.85. The van der Waals surface area contributed by atoms with Crippen LogP contribution in [0, 0.1) is 6.92 Å². The molecule has 1 rings (SSSR count). The van der Waals surface area contributed by atoms with Gasteiger partial charge in [0.15, 0.2) is 0 Å². The highest BCUT2D eigenvalue weighted by Crippen LogP contribution is 2.35. The van der Waals surface area contributed by atoms with Crippen LogP contribution in [0.1, 0.15) is 37.8 Å². The van der Waals surface area contributed by atoms with Gasteiger partial charge in [-0.2, -0.15) is 0 Å². The molecule has 0 spiro atoms. The predicted octanol–water partition coefficient (Wildman–Crippen LogP) is 3.76. The highest BCUT2D eigenvalue weighted by Gasteiger charge is 2.35. The lowest BCUT2D eigenvalue weighted by Gasteiger charge is -2.39. The zero-order valence-corrected chi connectivity index (χ0v) is 12.4. The summed E-state index contributed by atoms with van der Waals surface area (Å²) in [6, 6.07) is 8.88. The SMILES string of the molecule is CCC(CC)(C[N+](C)(C)C)c1ccccc1C. The second kappa shape index (κ2) is 5.22. The fourth-order valence-electron chi connectivity index (χ4n) is 3.02. The van der Waals surface area contributed by atoms with E-state index < -0.39 is 0 Å². The largest absolute Gasteiger partial charge is 0.330 e. The first kappa shape index (κ1) is 14.2. The molecule has 1 aromatic carbocycles. The normalized spacial score (nSPS) is 12.8. The summed E-state index contributed by atoms with van der Waals surface area (Å²) in [5.74, 6) is 0. The van der Waals surface area contributed by atoms with Gasteiger partial charge in [0, 0.05) is 5.41 Å². The van der Waals surface area contributed by atoms with Gasteiger partial charge in [-0.1, -0.05) is 38.1 Å². The predicted molar refractivity (Wildman–Crippen MR) is 76.3 cm³/mol. The molecule has 1 aromatic rings. The van der Waals surface area contributed by atoms with E-state index in [4.69, 9.17) is 0 Å². The smallest absolute Gasteiger partial charge is 0.0878 e. The van der Waals surface area contributed by atoms with E-state index in [0.717, 1.165) is 4.48 Å². The van der Waals surface area contributed by atoms with Crippen LogP contribution in [0.2, 0.25) is 0 Å². The van der Waals surface area contributed by atoms with Crippen molar-refractivity contribution in [2.45, 2.75) is 39.0 Å². The van der Waals surface area contributed by atoms with Crippen molar-refractivity contribution in [3.8, 4) is 0 Å². The van der Waals surface area contributed by atoms with Crippen LogP contribution >= 0.6 is 0 Å². The summed E-state index contributed by atoms with van der Waals surface area (Å²) in [5.41, 5.74) is 3.30. The minimum atomic E-state index is 0.323. The van der Waals surface area contributed by atoms with Crippen LogP contribution in [-0.4, -0.2) is 32.2 Å². The maximum absolute atomic E-state index is 2.33. The molecule has 0 atom stereocenters. The number of likely N-dealkylation sites (N-methyl/N-ethyl adjacent to an activating group) is 1. The Hall–Kier alpha value is -0.820. The van der Waals surface area contributed by atoms with Crippen LogP contribution in [-0.2, 0) is 5.41 Å². The van der Waals surface area contributed by atoms with Crippen molar-refractivity contribution in [2.24, 2.45) is 0 Å². The Bertz CT molecular complexity index is 356. The Morgan fingerprint density at radius 1 is 1.00 bits per heavy atom. The van der Waals surface area contributed by atoms with E-state index >= 15 is 0 Å². The van der Waals surface area contributed by atoms with Crippen LogP contribution in [0.15, 0.2) is 24.3 Å². The number of benzene rings is 1. The van der Waals surface area contributed by atoms with Gasteiger partial charge in [0.25, 0.3) is 0 Å². The van der Waals surface area contributed by atoms with Gasteiger partial charge in [-0.05, 0) is 30.9 Å². The van der Waals surface area contributed by atoms with Crippen molar-refractivity contribution >= 4 is 0 Å². The molecule has 0 fully saturated rings. The molecule has 0 aliphatic rings. The number of hydrogen-bond donors (Lipinski definition) is 0. The summed E-state index contributed by atoms with van der Waals surface area (Å²) in [7, 11) is 6.87. The third kappa shape index (κ3) is 3.32. The van der Waals surface area contributed by atoms with Gasteiger partial charge in [-0.15, -0.1) is 0 Å². The molecule has 0 heterocycles. The number of quaternary nitrogens is 1. The molecule has 0 aliphatic carbocycles. The van der Waals surface area contributed by atoms with Gasteiger partial charge < -0.3 is 4.48 Å². The van der Waals surface area contributed by atoms with Crippen molar-refractivity contribution in [1.29, 1.82) is 0 Å². The topological polar surface area (TPSA) is 0 Å². The zero-order valence-electron chi connectivity index (χ0n) is 12.4. The van der Waals surface area contributed by atoms with E-state index in [2.05, 4.69) is 66.2 Å². The van der Waals surface area contributed by atoms with Gasteiger partial charge in [0.05, 0.1) is 27.7 Å². The molecule has 17 heavy (non-hydrogen) atoms. The van der Waals surface area contributed by atoms with Crippen molar-refractivity contribution in [1.82, 2.24) is 0 Å². The first-order valence-corrected chi connectivity index (χ1v) is 6.71. The first-order chi connectivity index (χ1) is 7.84. The minimum Gasteiger partial charge on any atom is -0.330 e. The molecule has 0 amide bonds. The highest BCUT2D eigenvalue weighted by molar-refractivity contribution is 5.33. The van der Waals surface area contributed by atoms with Crippen molar-refractivity contribution < 1.29 is 4.48 Å². The lowest BCUT2D eigenvalue weighted by molar-refractivity contribution is -0.875. The standard InChI is InChI=1S/C16H28N/c1-7-16(8-2,13-17(4,5)6)15-12-10-9-11-14(15)3/h9-12H,7-8,13H2,1-6H3/q+1. The maximum atomic E-state index is 2.33. The fourth-order valence-corrected chi connectivity index (χ4v) is 3.02. The average molecular weight is 234 g/mol. The van der Waals surface area contributed by atoms with Gasteiger partial charge in [-0.3, -0.25) is 0 Å². The van der Waals surface area contributed by atoms with Crippen LogP contribution in [0.3, 0.4) is 0 Å². The molecular weight excluding hydrogens is 206 g/mol. The molecule has 0 aliphatic heterocycles. The lowest BCUT2D eigenvalue weighted by atomic mass is 9.73. The van der Waals surface area contributed by atoms with E-state index in [1.165, 1.54) is 30.5 Å². The number of nitrogens with zero attached hydrogens (tertiary/aromatic N) is 1. The first-order valence-electron chi connectivity index (χ1n) is 6.71. The second-order valence-corrected chi connectivity index (χ2v) is 6.25. The quantitative estimate of drug-likeness (QED) is 0.681. The fraction of sp³-hybridized carbons (Fsp3) is 0.625. The molecule has 0 radical (unpaired) electrons. The minimum absolute atomic E-state index is 0.323. The molecule has 0 N–H and O–H groups in total. The summed E-state index contributed by atoms with van der Waals surface area (Å²) in [6.07, 6.45) is 2.42. The highest BCUT2D eigenvalue weighted by atomic mass is 15.3. The molecule has 0 saturated carbocycles. The van der Waals surface area contributed by atoms with Gasteiger partial charge >= 0.3 is 0 Å². The van der Waals surface area contributed by atoms with E-state index in [-0.39, 0.29) is 0 Å². The lowest BCUT2D eigenvalue weighted by Crippen LogP contribution is -2.47. The van der Waals surface area contributed by atoms with Gasteiger partial charge in [0.1, 0.15) is 0 Å². The molecule has 1 nitrogen and oxygen atoms in total. The van der Waals surface area contributed by atoms with Gasteiger partial charge in [-0.25, -0.2) is 0 Å². The molecule has 0 saturated heterocycles. The molecular formula is C16H28N+. The summed E-state index contributed by atoms with van der Waals surface area (Å²) >= 11 is 0. The third-order valence-electron chi connectivity index (χ3n) is 3.85. The van der Waals surface area contributed by atoms with E-state index in [0.29, 0.717) is 5.41 Å². The monoisotopic (exact) mass is 234 g/mol. The molecule has 96 valence electrons. The zero-order chi connectivity index (χ0) is 13.1. The van der Waals surface area contributed by atoms with E-state index in [9.17, 15) is 0 Å². The Kier molecular flexibility index (Phi) is 4.37. The number of rotatable bonds is 5. The Labute approximate surface area is 107 Å². The van der Waals surface area contributed by atoms with Crippen LogP contribution < -0.4 is 0 Å². The van der Waals surface area contributed by atoms with Crippen LogP contribution in [0.4, 0.5) is 0 Å². The van der Waals surface area contributed by atoms with Crippen LogP contribution in [0.5, 0.6) is 0 Å². The van der Waals surface area contributed by atoms with E-state index in [1.807, 2.05) is 0 Å². The summed E-state index contributed by atoms with van der Waals surface area (Å²) in [4.78, 5) is 0. The summed E-state index contributed by atoms with van der Waals surface area (Å²) < 4.78 is 1.02. The molecule has 0 unspecified atom stereocenters. The number of hydrogen-bond acceptors (Lipinski definition) is 0. The van der Waals surface area contributed by atoms with Crippen LogP contribution in [0.25, 0.3) is 0 Å². The van der Waals surface area contributed by atoms with Crippen molar-refractivity contribution in [3.63, 3.8) is 0 Å². The van der Waals surface area contributed by atoms with Crippen molar-refractivity contribution in [2.75, 3.05) is 27.7 Å². The van der Waals surface area contributed by atoms with Gasteiger partial charge in [0.2, 0.25) is 0 Å². The molecule has 1 heteroatoms. The Morgan fingerprint density at radius 2 is 1.53 bits per heavy atom.